The Morgan fingerprint density at radius 2 is 1.74 bits per heavy atom. The molecule has 0 fully saturated rings. The number of carboxylic acid groups (broad SMARTS) is 1. The van der Waals surface area contributed by atoms with Crippen molar-refractivity contribution in [2.24, 2.45) is 0 Å². The Balaban J connectivity index is 1.42. The zero-order valence-electron chi connectivity index (χ0n) is 25.1. The molecule has 1 amide bonds. The number of aliphatic carboxylic acids is 1. The summed E-state index contributed by atoms with van der Waals surface area (Å²) in [7, 11) is 2.02. The lowest BCUT2D eigenvalue weighted by atomic mass is 9.81. The first kappa shape index (κ1) is 28.7. The number of hydrogen-bond donors (Lipinski definition) is 2. The quantitative estimate of drug-likeness (QED) is 0.228. The predicted octanol–water partition coefficient (Wildman–Crippen LogP) is 7.25. The van der Waals surface area contributed by atoms with Gasteiger partial charge in [-0.2, -0.15) is 0 Å². The molecule has 7 nitrogen and oxygen atoms in total. The van der Waals surface area contributed by atoms with Gasteiger partial charge in [-0.05, 0) is 90.0 Å². The highest BCUT2D eigenvalue weighted by Crippen LogP contribution is 2.50. The number of carbonyl (C=O) groups excluding carboxylic acids is 1. The van der Waals surface area contributed by atoms with E-state index < -0.39 is 5.97 Å². The van der Waals surface area contributed by atoms with Gasteiger partial charge in [0, 0.05) is 30.1 Å². The third-order valence-electron chi connectivity index (χ3n) is 8.50. The number of nitrogens with one attached hydrogen (secondary N) is 1. The van der Waals surface area contributed by atoms with Crippen LogP contribution in [0.1, 0.15) is 38.2 Å². The Bertz CT molecular complexity index is 1770. The number of carboxylic acids is 1. The van der Waals surface area contributed by atoms with Crippen LogP contribution in [0, 0.1) is 20.8 Å². The highest BCUT2D eigenvalue weighted by molar-refractivity contribution is 7.99. The summed E-state index contributed by atoms with van der Waals surface area (Å²) in [6.45, 7) is 8.22. The van der Waals surface area contributed by atoms with E-state index in [9.17, 15) is 14.7 Å². The van der Waals surface area contributed by atoms with Gasteiger partial charge in [-0.15, -0.1) is 0 Å². The first-order chi connectivity index (χ1) is 20.7. The molecule has 2 N–H and O–H groups in total. The van der Waals surface area contributed by atoms with E-state index >= 15 is 0 Å². The van der Waals surface area contributed by atoms with E-state index in [2.05, 4.69) is 51.8 Å². The molecule has 8 heteroatoms. The number of carbonyl (C=O) groups is 2. The highest BCUT2D eigenvalue weighted by atomic mass is 32.2. The molecule has 0 bridgehead atoms. The first-order valence-electron chi connectivity index (χ1n) is 14.4. The lowest BCUT2D eigenvalue weighted by Gasteiger charge is -2.36. The van der Waals surface area contributed by atoms with Gasteiger partial charge in [0.25, 0.3) is 5.91 Å². The molecule has 4 aromatic carbocycles. The number of benzene rings is 4. The van der Waals surface area contributed by atoms with Gasteiger partial charge in [0.15, 0.2) is 0 Å². The van der Waals surface area contributed by atoms with Crippen molar-refractivity contribution in [1.29, 1.82) is 0 Å². The van der Waals surface area contributed by atoms with Crippen LogP contribution in [0.4, 0.5) is 17.1 Å². The van der Waals surface area contributed by atoms with Crippen LogP contribution < -0.4 is 19.3 Å². The minimum absolute atomic E-state index is 0.0484. The number of hydrogen-bond acceptors (Lipinski definition) is 6. The average Bonchev–Trinajstić information content (AvgIpc) is 2.99. The van der Waals surface area contributed by atoms with E-state index in [0.29, 0.717) is 18.7 Å². The molecule has 0 saturated carbocycles. The Labute approximate surface area is 256 Å². The standard InChI is InChI=1S/C35H35N3O4S/c1-20-6-8-23(9-7-20)32-22(3)33-27-12-11-26(36-35(41)24-10-13-29-30(17-24)42-15-14-37(29)4)16-25(27)19-38(43-5)34(33)21(2)28(32)18-31(39)40/h6-13,16-17H,14-15,18-19H2,1-5H3,(H,36,41)(H,39,40). The fourth-order valence-corrected chi connectivity index (χ4v) is 6.99. The van der Waals surface area contributed by atoms with Crippen LogP contribution in [0.2, 0.25) is 0 Å². The largest absolute Gasteiger partial charge is 0.490 e. The third kappa shape index (κ3) is 5.20. The van der Waals surface area contributed by atoms with Gasteiger partial charge >= 0.3 is 5.97 Å². The van der Waals surface area contributed by atoms with Crippen molar-refractivity contribution < 1.29 is 19.4 Å². The van der Waals surface area contributed by atoms with E-state index in [1.165, 1.54) is 0 Å². The van der Waals surface area contributed by atoms with Crippen LogP contribution in [0.25, 0.3) is 22.3 Å². The van der Waals surface area contributed by atoms with Crippen LogP contribution in [0.3, 0.4) is 0 Å². The predicted molar refractivity (Wildman–Crippen MR) is 176 cm³/mol. The Kier molecular flexibility index (Phi) is 7.56. The lowest BCUT2D eigenvalue weighted by molar-refractivity contribution is -0.136. The molecule has 6 rings (SSSR count). The molecule has 0 radical (unpaired) electrons. The van der Waals surface area contributed by atoms with Gasteiger partial charge in [-0.3, -0.25) is 9.59 Å². The molecular formula is C35H35N3O4S. The number of aryl methyl sites for hydroxylation is 1. The fraction of sp³-hybridized carbons (Fsp3) is 0.257. The second kappa shape index (κ2) is 11.3. The van der Waals surface area contributed by atoms with Gasteiger partial charge in [0.2, 0.25) is 0 Å². The number of nitrogens with zero attached hydrogens (tertiary/aromatic N) is 2. The maximum Gasteiger partial charge on any atom is 0.307 e. The molecular weight excluding hydrogens is 558 g/mol. The van der Waals surface area contributed by atoms with Crippen molar-refractivity contribution in [3.8, 4) is 28.0 Å². The summed E-state index contributed by atoms with van der Waals surface area (Å²) in [5, 5.41) is 13.0. The van der Waals surface area contributed by atoms with Crippen molar-refractivity contribution in [2.75, 3.05) is 41.0 Å². The average molecular weight is 594 g/mol. The summed E-state index contributed by atoms with van der Waals surface area (Å²) in [5.41, 5.74) is 12.6. The van der Waals surface area contributed by atoms with Gasteiger partial charge in [-0.25, -0.2) is 0 Å². The molecule has 0 spiro atoms. The van der Waals surface area contributed by atoms with Gasteiger partial charge < -0.3 is 24.4 Å². The summed E-state index contributed by atoms with van der Waals surface area (Å²) in [6.07, 6.45) is 1.99. The normalized spacial score (nSPS) is 13.5. The molecule has 220 valence electrons. The number of anilines is 3. The second-order valence-corrected chi connectivity index (χ2v) is 12.1. The molecule has 2 heterocycles. The van der Waals surface area contributed by atoms with Gasteiger partial charge in [-0.1, -0.05) is 47.8 Å². The maximum absolute atomic E-state index is 13.3. The van der Waals surface area contributed by atoms with E-state index in [0.717, 1.165) is 79.4 Å². The van der Waals surface area contributed by atoms with Crippen molar-refractivity contribution in [1.82, 2.24) is 0 Å². The van der Waals surface area contributed by atoms with Crippen molar-refractivity contribution in [3.05, 3.63) is 94.0 Å². The fourth-order valence-electron chi connectivity index (χ4n) is 6.31. The van der Waals surface area contributed by atoms with Crippen LogP contribution in [-0.4, -0.2) is 43.4 Å². The molecule has 2 aliphatic rings. The third-order valence-corrected chi connectivity index (χ3v) is 9.25. The topological polar surface area (TPSA) is 82.1 Å². The molecule has 0 unspecified atom stereocenters. The SMILES string of the molecule is CSN1Cc2cc(NC(=O)c3ccc4c(c3)OCCN4C)ccc2-c2c(C)c(-c3ccc(C)cc3)c(CC(=O)O)c(C)c21. The van der Waals surface area contributed by atoms with E-state index in [1.807, 2.05) is 51.4 Å². The number of rotatable bonds is 6. The number of fused-ring (bicyclic) bond motifs is 4. The molecule has 0 atom stereocenters. The van der Waals surface area contributed by atoms with Crippen LogP contribution in [0.15, 0.2) is 60.7 Å². The van der Waals surface area contributed by atoms with E-state index in [-0.39, 0.29) is 12.3 Å². The molecule has 0 aliphatic carbocycles. The molecule has 4 aromatic rings. The number of likely N-dealkylation sites (N-methyl/N-ethyl adjacent to an activating group) is 1. The van der Waals surface area contributed by atoms with Crippen molar-refractivity contribution in [2.45, 2.75) is 33.7 Å². The van der Waals surface area contributed by atoms with Gasteiger partial charge in [0.05, 0.1) is 30.9 Å². The Morgan fingerprint density at radius 3 is 2.47 bits per heavy atom. The van der Waals surface area contributed by atoms with Crippen LogP contribution in [0.5, 0.6) is 5.75 Å². The number of ether oxygens (including phenoxy) is 1. The van der Waals surface area contributed by atoms with E-state index in [1.54, 1.807) is 18.0 Å². The summed E-state index contributed by atoms with van der Waals surface area (Å²) in [6, 6.07) is 19.9. The summed E-state index contributed by atoms with van der Waals surface area (Å²) < 4.78 is 8.03. The van der Waals surface area contributed by atoms with Crippen molar-refractivity contribution in [3.63, 3.8) is 0 Å². The van der Waals surface area contributed by atoms with Crippen molar-refractivity contribution >= 4 is 40.9 Å². The lowest BCUT2D eigenvalue weighted by Crippen LogP contribution is -2.29. The summed E-state index contributed by atoms with van der Waals surface area (Å²) >= 11 is 1.62. The summed E-state index contributed by atoms with van der Waals surface area (Å²) in [4.78, 5) is 27.4. The number of amides is 1. The Morgan fingerprint density at radius 1 is 0.977 bits per heavy atom. The molecule has 0 aromatic heterocycles. The smallest absolute Gasteiger partial charge is 0.307 e. The Hall–Kier alpha value is -4.43. The van der Waals surface area contributed by atoms with E-state index in [4.69, 9.17) is 4.74 Å². The minimum atomic E-state index is -0.847. The summed E-state index contributed by atoms with van der Waals surface area (Å²) in [5.74, 6) is -0.318. The highest BCUT2D eigenvalue weighted by Gasteiger charge is 2.30. The molecule has 43 heavy (non-hydrogen) atoms. The van der Waals surface area contributed by atoms with Crippen LogP contribution >= 0.6 is 11.9 Å². The molecule has 2 aliphatic heterocycles. The van der Waals surface area contributed by atoms with Gasteiger partial charge in [0.1, 0.15) is 12.4 Å². The zero-order valence-corrected chi connectivity index (χ0v) is 25.9. The minimum Gasteiger partial charge on any atom is -0.490 e. The first-order valence-corrected chi connectivity index (χ1v) is 15.5. The second-order valence-electron chi connectivity index (χ2n) is 11.3. The maximum atomic E-state index is 13.3. The molecule has 0 saturated heterocycles. The van der Waals surface area contributed by atoms with Crippen LogP contribution in [-0.2, 0) is 17.8 Å². The monoisotopic (exact) mass is 593 g/mol. The zero-order chi connectivity index (χ0) is 30.4.